The van der Waals surface area contributed by atoms with Crippen LogP contribution in [0.25, 0.3) is 0 Å². The van der Waals surface area contributed by atoms with E-state index in [0.717, 1.165) is 12.8 Å². The molecule has 0 spiro atoms. The van der Waals surface area contributed by atoms with Gasteiger partial charge in [-0.25, -0.2) is 8.42 Å². The van der Waals surface area contributed by atoms with E-state index < -0.39 is 10.0 Å². The van der Waals surface area contributed by atoms with Crippen LogP contribution in [-0.4, -0.2) is 37.6 Å². The monoisotopic (exact) mass is 262 g/mol. The van der Waals surface area contributed by atoms with Crippen molar-refractivity contribution in [1.82, 2.24) is 4.31 Å². The van der Waals surface area contributed by atoms with Crippen molar-refractivity contribution in [3.63, 3.8) is 0 Å². The molecule has 0 aliphatic carbocycles. The first-order valence-electron chi connectivity index (χ1n) is 6.35. The number of nitrogens with zero attached hydrogens (tertiary/aromatic N) is 1. The van der Waals surface area contributed by atoms with E-state index in [0.29, 0.717) is 19.0 Å². The molecule has 0 saturated carbocycles. The van der Waals surface area contributed by atoms with Gasteiger partial charge in [0.1, 0.15) is 0 Å². The Kier molecular flexibility index (Phi) is 4.60. The van der Waals surface area contributed by atoms with Crippen LogP contribution < -0.4 is 5.73 Å². The summed E-state index contributed by atoms with van der Waals surface area (Å²) in [5.41, 5.74) is 5.50. The van der Waals surface area contributed by atoms with Crippen molar-refractivity contribution in [2.45, 2.75) is 46.6 Å². The molecule has 0 aromatic carbocycles. The minimum Gasteiger partial charge on any atom is -0.329 e. The van der Waals surface area contributed by atoms with Crippen LogP contribution in [0.2, 0.25) is 0 Å². The highest BCUT2D eigenvalue weighted by Crippen LogP contribution is 2.27. The predicted octanol–water partition coefficient (Wildman–Crippen LogP) is 1.42. The number of nitrogens with two attached hydrogens (primary N) is 1. The Morgan fingerprint density at radius 2 is 1.94 bits per heavy atom. The molecule has 1 aliphatic rings. The zero-order chi connectivity index (χ0) is 13.3. The van der Waals surface area contributed by atoms with Crippen molar-refractivity contribution in [2.24, 2.45) is 17.1 Å². The summed E-state index contributed by atoms with van der Waals surface area (Å²) < 4.78 is 26.3. The van der Waals surface area contributed by atoms with Gasteiger partial charge in [-0.3, -0.25) is 0 Å². The van der Waals surface area contributed by atoms with Crippen LogP contribution in [0.15, 0.2) is 0 Å². The molecule has 1 rings (SSSR count). The highest BCUT2D eigenvalue weighted by molar-refractivity contribution is 7.89. The van der Waals surface area contributed by atoms with Crippen molar-refractivity contribution in [3.8, 4) is 0 Å². The standard InChI is InChI=1S/C12H26N2O2S/c1-10-5-6-14(11(7-10)8-13)17(15,16)9-12(2,3)4/h10-11H,5-9,13H2,1-4H3. The van der Waals surface area contributed by atoms with E-state index in [1.54, 1.807) is 4.31 Å². The van der Waals surface area contributed by atoms with Gasteiger partial charge in [-0.15, -0.1) is 0 Å². The predicted molar refractivity (Wildman–Crippen MR) is 71.2 cm³/mol. The van der Waals surface area contributed by atoms with Crippen molar-refractivity contribution >= 4 is 10.0 Å². The van der Waals surface area contributed by atoms with E-state index >= 15 is 0 Å². The summed E-state index contributed by atoms with van der Waals surface area (Å²) in [6, 6.07) is -0.00824. The minimum atomic E-state index is -3.17. The second-order valence-corrected chi connectivity index (χ2v) is 8.37. The minimum absolute atomic E-state index is 0.00824. The molecule has 17 heavy (non-hydrogen) atoms. The molecule has 2 atom stereocenters. The van der Waals surface area contributed by atoms with Gasteiger partial charge in [0.15, 0.2) is 0 Å². The number of hydrogen-bond acceptors (Lipinski definition) is 3. The van der Waals surface area contributed by atoms with Crippen molar-refractivity contribution < 1.29 is 8.42 Å². The second kappa shape index (κ2) is 5.24. The molecule has 1 aliphatic heterocycles. The third-order valence-electron chi connectivity index (χ3n) is 3.17. The van der Waals surface area contributed by atoms with Crippen molar-refractivity contribution in [1.29, 1.82) is 0 Å². The maximum Gasteiger partial charge on any atom is 0.214 e. The van der Waals surface area contributed by atoms with Crippen LogP contribution >= 0.6 is 0 Å². The summed E-state index contributed by atoms with van der Waals surface area (Å²) in [5, 5.41) is 0. The van der Waals surface area contributed by atoms with Gasteiger partial charge in [0, 0.05) is 19.1 Å². The summed E-state index contributed by atoms with van der Waals surface area (Å²) in [6.45, 7) is 9.07. The van der Waals surface area contributed by atoms with E-state index in [9.17, 15) is 8.42 Å². The molecule has 102 valence electrons. The Hall–Kier alpha value is -0.130. The molecule has 1 fully saturated rings. The summed E-state index contributed by atoms with van der Waals surface area (Å²) in [7, 11) is -3.17. The van der Waals surface area contributed by atoms with Crippen molar-refractivity contribution in [2.75, 3.05) is 18.8 Å². The highest BCUT2D eigenvalue weighted by Gasteiger charge is 2.35. The number of hydrogen-bond donors (Lipinski definition) is 1. The van der Waals surface area contributed by atoms with Gasteiger partial charge in [-0.2, -0.15) is 4.31 Å². The molecule has 0 bridgehead atoms. The molecular formula is C12H26N2O2S. The lowest BCUT2D eigenvalue weighted by Gasteiger charge is -2.38. The quantitative estimate of drug-likeness (QED) is 0.836. The molecule has 0 radical (unpaired) electrons. The maximum absolute atomic E-state index is 12.3. The first-order chi connectivity index (χ1) is 7.65. The van der Waals surface area contributed by atoms with Crippen LogP contribution in [0.4, 0.5) is 0 Å². The zero-order valence-corrected chi connectivity index (χ0v) is 12.3. The van der Waals surface area contributed by atoms with Crippen molar-refractivity contribution in [3.05, 3.63) is 0 Å². The van der Waals surface area contributed by atoms with E-state index in [-0.39, 0.29) is 17.2 Å². The molecule has 4 nitrogen and oxygen atoms in total. The zero-order valence-electron chi connectivity index (χ0n) is 11.4. The fourth-order valence-electron chi connectivity index (χ4n) is 2.44. The lowest BCUT2D eigenvalue weighted by molar-refractivity contribution is 0.209. The Morgan fingerprint density at radius 3 is 2.41 bits per heavy atom. The average molecular weight is 262 g/mol. The third-order valence-corrected chi connectivity index (χ3v) is 5.59. The fraction of sp³-hybridized carbons (Fsp3) is 1.00. The van der Waals surface area contributed by atoms with Gasteiger partial charge in [0.05, 0.1) is 5.75 Å². The topological polar surface area (TPSA) is 63.4 Å². The van der Waals surface area contributed by atoms with Crippen LogP contribution in [0, 0.1) is 11.3 Å². The van der Waals surface area contributed by atoms with E-state index in [1.165, 1.54) is 0 Å². The second-order valence-electron chi connectivity index (χ2n) is 6.45. The summed E-state index contributed by atoms with van der Waals surface area (Å²) >= 11 is 0. The third kappa shape index (κ3) is 4.23. The Balaban J connectivity index is 2.83. The van der Waals surface area contributed by atoms with Crippen LogP contribution in [0.5, 0.6) is 0 Å². The lowest BCUT2D eigenvalue weighted by atomic mass is 9.94. The number of piperidine rings is 1. The SMILES string of the molecule is CC1CCN(S(=O)(=O)CC(C)(C)C)C(CN)C1. The van der Waals surface area contributed by atoms with Gasteiger partial charge >= 0.3 is 0 Å². The first-order valence-corrected chi connectivity index (χ1v) is 7.96. The summed E-state index contributed by atoms with van der Waals surface area (Å²) in [6.07, 6.45) is 1.83. The van der Waals surface area contributed by atoms with Gasteiger partial charge in [0.2, 0.25) is 10.0 Å². The van der Waals surface area contributed by atoms with Crippen LogP contribution in [0.3, 0.4) is 0 Å². The normalized spacial score (nSPS) is 28.3. The largest absolute Gasteiger partial charge is 0.329 e. The molecule has 1 heterocycles. The van der Waals surface area contributed by atoms with Crippen LogP contribution in [0.1, 0.15) is 40.5 Å². The molecule has 0 aromatic heterocycles. The molecule has 0 amide bonds. The Bertz CT molecular complexity index is 346. The Morgan fingerprint density at radius 1 is 1.35 bits per heavy atom. The van der Waals surface area contributed by atoms with Gasteiger partial charge in [-0.05, 0) is 24.2 Å². The molecule has 2 unspecified atom stereocenters. The summed E-state index contributed by atoms with van der Waals surface area (Å²) in [5.74, 6) is 0.773. The van der Waals surface area contributed by atoms with E-state index in [1.807, 2.05) is 20.8 Å². The summed E-state index contributed by atoms with van der Waals surface area (Å²) in [4.78, 5) is 0. The lowest BCUT2D eigenvalue weighted by Crippen LogP contribution is -2.51. The smallest absolute Gasteiger partial charge is 0.214 e. The van der Waals surface area contributed by atoms with Gasteiger partial charge in [0.25, 0.3) is 0 Å². The average Bonchev–Trinajstić information content (AvgIpc) is 2.13. The maximum atomic E-state index is 12.3. The van der Waals surface area contributed by atoms with Gasteiger partial charge < -0.3 is 5.73 Å². The first kappa shape index (κ1) is 14.9. The molecule has 5 heteroatoms. The van der Waals surface area contributed by atoms with E-state index in [4.69, 9.17) is 5.73 Å². The van der Waals surface area contributed by atoms with Gasteiger partial charge in [-0.1, -0.05) is 27.7 Å². The Labute approximate surface area is 106 Å². The van der Waals surface area contributed by atoms with Crippen LogP contribution in [-0.2, 0) is 10.0 Å². The molecular weight excluding hydrogens is 236 g/mol. The van der Waals surface area contributed by atoms with E-state index in [2.05, 4.69) is 6.92 Å². The molecule has 2 N–H and O–H groups in total. The fourth-order valence-corrected chi connectivity index (χ4v) is 4.71. The molecule has 0 aromatic rings. The molecule has 1 saturated heterocycles. The highest BCUT2D eigenvalue weighted by atomic mass is 32.2. The number of rotatable bonds is 3. The number of sulfonamides is 1.